The Morgan fingerprint density at radius 1 is 0.976 bits per heavy atom. The Hall–Kier alpha value is -5.18. The second-order valence-electron chi connectivity index (χ2n) is 9.86. The topological polar surface area (TPSA) is 107 Å². The number of likely N-dealkylation sites (tertiary alicyclic amines) is 1. The first-order valence-corrected chi connectivity index (χ1v) is 12.8. The van der Waals surface area contributed by atoms with Crippen LogP contribution in [0.1, 0.15) is 28.9 Å². The van der Waals surface area contributed by atoms with Crippen molar-refractivity contribution in [3.8, 4) is 23.0 Å². The molecule has 0 saturated carbocycles. The highest BCUT2D eigenvalue weighted by Gasteiger charge is 2.52. The van der Waals surface area contributed by atoms with Gasteiger partial charge in [-0.3, -0.25) is 14.6 Å². The van der Waals surface area contributed by atoms with Crippen LogP contribution in [0.25, 0.3) is 16.9 Å². The monoisotopic (exact) mass is 557 g/mol. The molecule has 12 heteroatoms. The van der Waals surface area contributed by atoms with Crippen molar-refractivity contribution < 1.29 is 22.8 Å². The number of nitrogens with one attached hydrogen (secondary N) is 1. The minimum absolute atomic E-state index is 0.107. The zero-order chi connectivity index (χ0) is 28.7. The van der Waals surface area contributed by atoms with Gasteiger partial charge in [0.2, 0.25) is 5.91 Å². The van der Waals surface area contributed by atoms with E-state index in [1.54, 1.807) is 58.4 Å². The van der Waals surface area contributed by atoms with Gasteiger partial charge in [-0.2, -0.15) is 10.4 Å². The second kappa shape index (κ2) is 10.1. The molecule has 4 heterocycles. The minimum atomic E-state index is -1.26. The van der Waals surface area contributed by atoms with Gasteiger partial charge in [0.25, 0.3) is 5.91 Å². The maximum Gasteiger partial charge on any atom is 0.274 e. The van der Waals surface area contributed by atoms with Crippen LogP contribution >= 0.6 is 0 Å². The van der Waals surface area contributed by atoms with E-state index >= 15 is 0 Å². The van der Waals surface area contributed by atoms with Crippen LogP contribution < -0.4 is 10.2 Å². The van der Waals surface area contributed by atoms with Crippen LogP contribution in [0.5, 0.6) is 0 Å². The van der Waals surface area contributed by atoms with Crippen LogP contribution in [0.2, 0.25) is 0 Å². The first-order valence-electron chi connectivity index (χ1n) is 12.8. The molecule has 1 spiro atoms. The molecule has 4 aromatic rings. The number of carbonyl (C=O) groups excluding carboxylic acids is 2. The maximum absolute atomic E-state index is 14.9. The van der Waals surface area contributed by atoms with E-state index < -0.39 is 23.0 Å². The molecule has 2 fully saturated rings. The highest BCUT2D eigenvalue weighted by atomic mass is 19.1. The number of pyridine rings is 1. The molecule has 0 aliphatic carbocycles. The third-order valence-electron chi connectivity index (χ3n) is 7.61. The number of benzene rings is 2. The van der Waals surface area contributed by atoms with Crippen molar-refractivity contribution >= 4 is 17.5 Å². The summed E-state index contributed by atoms with van der Waals surface area (Å²) in [4.78, 5) is 33.6. The van der Waals surface area contributed by atoms with Crippen LogP contribution in [0.15, 0.2) is 67.0 Å². The number of rotatable bonds is 4. The average Bonchev–Trinajstić information content (AvgIpc) is 3.56. The SMILES string of the molecule is N#Cc1cc(F)c(N2CNC(=O)C23CCN(C(=O)c2cc(-c4ccncc4)n(-c4ccc(F)cc4)n2)CC3)c(F)c1. The van der Waals surface area contributed by atoms with Crippen LogP contribution in [0.4, 0.5) is 18.9 Å². The van der Waals surface area contributed by atoms with Gasteiger partial charge in [0, 0.05) is 31.0 Å². The summed E-state index contributed by atoms with van der Waals surface area (Å²) in [7, 11) is 0. The fourth-order valence-electron chi connectivity index (χ4n) is 5.50. The number of hydrogen-bond donors (Lipinski definition) is 1. The zero-order valence-corrected chi connectivity index (χ0v) is 21.5. The smallest absolute Gasteiger partial charge is 0.274 e. The van der Waals surface area contributed by atoms with Crippen molar-refractivity contribution in [2.75, 3.05) is 24.7 Å². The van der Waals surface area contributed by atoms with E-state index in [0.29, 0.717) is 11.4 Å². The standard InChI is InChI=1S/C29H22F3N7O2/c30-20-1-3-21(4-2-20)39-25(19-5-9-34-10-6-19)15-24(36-39)27(40)37-11-7-29(8-12-37)28(41)35-17-38(29)26-22(31)13-18(16-33)14-23(26)32/h1-6,9-10,13-15H,7-8,11-12,17H2,(H,35,41). The Morgan fingerprint density at radius 2 is 1.63 bits per heavy atom. The number of piperidine rings is 1. The Labute approximate surface area is 232 Å². The van der Waals surface area contributed by atoms with Gasteiger partial charge in [-0.25, -0.2) is 17.9 Å². The molecule has 0 bridgehead atoms. The summed E-state index contributed by atoms with van der Waals surface area (Å²) >= 11 is 0. The molecule has 2 aromatic carbocycles. The average molecular weight is 558 g/mol. The van der Waals surface area contributed by atoms with Crippen molar-refractivity contribution in [2.45, 2.75) is 18.4 Å². The van der Waals surface area contributed by atoms with Gasteiger partial charge in [0.1, 0.15) is 17.0 Å². The fourth-order valence-corrected chi connectivity index (χ4v) is 5.50. The van der Waals surface area contributed by atoms with E-state index in [4.69, 9.17) is 5.26 Å². The van der Waals surface area contributed by atoms with Crippen LogP contribution in [0, 0.1) is 28.8 Å². The fraction of sp³-hybridized carbons (Fsp3) is 0.207. The molecule has 9 nitrogen and oxygen atoms in total. The second-order valence-corrected chi connectivity index (χ2v) is 9.86. The number of nitriles is 1. The Kier molecular flexibility index (Phi) is 6.42. The van der Waals surface area contributed by atoms with E-state index in [1.165, 1.54) is 17.0 Å². The third-order valence-corrected chi connectivity index (χ3v) is 7.61. The molecule has 0 radical (unpaired) electrons. The molecule has 6 rings (SSSR count). The molecule has 2 aliphatic rings. The molecule has 1 N–H and O–H groups in total. The summed E-state index contributed by atoms with van der Waals surface area (Å²) in [6.45, 7) is 0.163. The number of aromatic nitrogens is 3. The number of anilines is 1. The summed E-state index contributed by atoms with van der Waals surface area (Å²) in [6.07, 6.45) is 3.47. The van der Waals surface area contributed by atoms with Gasteiger partial charge >= 0.3 is 0 Å². The lowest BCUT2D eigenvalue weighted by atomic mass is 9.85. The van der Waals surface area contributed by atoms with Crippen molar-refractivity contribution in [3.63, 3.8) is 0 Å². The normalized spacial score (nSPS) is 16.1. The first-order chi connectivity index (χ1) is 19.8. The van der Waals surface area contributed by atoms with Crippen molar-refractivity contribution in [2.24, 2.45) is 0 Å². The van der Waals surface area contributed by atoms with Crippen molar-refractivity contribution in [3.05, 3.63) is 95.7 Å². The predicted octanol–water partition coefficient (Wildman–Crippen LogP) is 3.79. The van der Waals surface area contributed by atoms with E-state index in [0.717, 1.165) is 17.7 Å². The first kappa shape index (κ1) is 26.1. The lowest BCUT2D eigenvalue weighted by molar-refractivity contribution is -0.125. The van der Waals surface area contributed by atoms with Gasteiger partial charge in [0.05, 0.1) is 29.7 Å². The van der Waals surface area contributed by atoms with Gasteiger partial charge in [-0.05, 0) is 67.4 Å². The predicted molar refractivity (Wildman–Crippen MR) is 141 cm³/mol. The van der Waals surface area contributed by atoms with Gasteiger partial charge in [0.15, 0.2) is 17.3 Å². The number of halogens is 3. The number of amides is 2. The Morgan fingerprint density at radius 3 is 2.27 bits per heavy atom. The molecule has 41 heavy (non-hydrogen) atoms. The zero-order valence-electron chi connectivity index (χ0n) is 21.5. The summed E-state index contributed by atoms with van der Waals surface area (Å²) in [5, 5.41) is 16.2. The quantitative estimate of drug-likeness (QED) is 0.409. The Balaban J connectivity index is 1.28. The van der Waals surface area contributed by atoms with Gasteiger partial charge < -0.3 is 15.1 Å². The lowest BCUT2D eigenvalue weighted by Crippen LogP contribution is -2.57. The third kappa shape index (κ3) is 4.45. The molecule has 2 aromatic heterocycles. The van der Waals surface area contributed by atoms with Crippen LogP contribution in [0.3, 0.4) is 0 Å². The van der Waals surface area contributed by atoms with Crippen LogP contribution in [-0.4, -0.2) is 56.8 Å². The Bertz CT molecular complexity index is 1670. The summed E-state index contributed by atoms with van der Waals surface area (Å²) in [6, 6.07) is 14.5. The summed E-state index contributed by atoms with van der Waals surface area (Å²) in [5.74, 6) is -3.04. The van der Waals surface area contributed by atoms with Gasteiger partial charge in [-0.15, -0.1) is 0 Å². The minimum Gasteiger partial charge on any atom is -0.337 e. The number of hydrogen-bond acceptors (Lipinski definition) is 6. The van der Waals surface area contributed by atoms with E-state index in [1.807, 2.05) is 0 Å². The largest absolute Gasteiger partial charge is 0.337 e. The summed E-state index contributed by atoms with van der Waals surface area (Å²) < 4.78 is 45.0. The molecule has 0 unspecified atom stereocenters. The highest BCUT2D eigenvalue weighted by molar-refractivity contribution is 5.96. The van der Waals surface area contributed by atoms with Crippen LogP contribution in [-0.2, 0) is 4.79 Å². The van der Waals surface area contributed by atoms with Crippen molar-refractivity contribution in [1.82, 2.24) is 25.0 Å². The maximum atomic E-state index is 14.9. The summed E-state index contributed by atoms with van der Waals surface area (Å²) in [5.41, 5.74) is 0.239. The highest BCUT2D eigenvalue weighted by Crippen LogP contribution is 2.39. The van der Waals surface area contributed by atoms with E-state index in [9.17, 15) is 22.8 Å². The molecule has 206 valence electrons. The molecular weight excluding hydrogens is 535 g/mol. The molecule has 2 amide bonds. The number of carbonyl (C=O) groups is 2. The van der Waals surface area contributed by atoms with E-state index in [2.05, 4.69) is 15.4 Å². The molecule has 2 saturated heterocycles. The molecular formula is C29H22F3N7O2. The molecule has 0 atom stereocenters. The van der Waals surface area contributed by atoms with Gasteiger partial charge in [-0.1, -0.05) is 0 Å². The number of nitrogens with zero attached hydrogens (tertiary/aromatic N) is 6. The van der Waals surface area contributed by atoms with E-state index in [-0.39, 0.29) is 61.4 Å². The lowest BCUT2D eigenvalue weighted by Gasteiger charge is -2.43. The molecule has 2 aliphatic heterocycles. The van der Waals surface area contributed by atoms with Crippen molar-refractivity contribution in [1.29, 1.82) is 5.26 Å².